The summed E-state index contributed by atoms with van der Waals surface area (Å²) in [7, 11) is 0. The van der Waals surface area contributed by atoms with Crippen LogP contribution in [0.3, 0.4) is 0 Å². The number of carbonyl (C=O) groups excluding carboxylic acids is 1. The molecular formula is C26H20ClNO2. The molecule has 0 aliphatic carbocycles. The minimum atomic E-state index is -0.902. The third kappa shape index (κ3) is 4.43. The number of aliphatic hydroxyl groups excluding tert-OH is 1. The minimum Gasteiger partial charge on any atom is -0.384 e. The van der Waals surface area contributed by atoms with Crippen LogP contribution >= 0.6 is 11.6 Å². The highest BCUT2D eigenvalue weighted by Gasteiger charge is 2.17. The van der Waals surface area contributed by atoms with Crippen molar-refractivity contribution in [2.45, 2.75) is 6.10 Å². The van der Waals surface area contributed by atoms with Gasteiger partial charge in [0.15, 0.2) is 0 Å². The third-order valence-electron chi connectivity index (χ3n) is 4.93. The zero-order chi connectivity index (χ0) is 20.9. The molecule has 0 aromatic heterocycles. The zero-order valence-electron chi connectivity index (χ0n) is 16.1. The van der Waals surface area contributed by atoms with E-state index in [0.717, 1.165) is 16.7 Å². The van der Waals surface area contributed by atoms with Crippen LogP contribution in [0.25, 0.3) is 11.1 Å². The second-order valence-corrected chi connectivity index (χ2v) is 7.38. The molecule has 30 heavy (non-hydrogen) atoms. The standard InChI is InChI=1S/C26H20ClNO2/c27-22-15-16-24(23(17-22)25(29)20-9-5-2-6-10-20)28-26(30)21-13-11-19(12-14-21)18-7-3-1-4-8-18/h1-17,25,29H,(H,28,30)/t25-/m1/s1. The van der Waals surface area contributed by atoms with Gasteiger partial charge in [0.1, 0.15) is 6.10 Å². The molecule has 1 amide bonds. The highest BCUT2D eigenvalue weighted by atomic mass is 35.5. The predicted octanol–water partition coefficient (Wildman–Crippen LogP) is 6.34. The fraction of sp³-hybridized carbons (Fsp3) is 0.0385. The average Bonchev–Trinajstić information content (AvgIpc) is 2.81. The van der Waals surface area contributed by atoms with E-state index < -0.39 is 6.10 Å². The van der Waals surface area contributed by atoms with Crippen molar-refractivity contribution in [3.05, 3.63) is 125 Å². The van der Waals surface area contributed by atoms with Crippen molar-refractivity contribution < 1.29 is 9.90 Å². The Bertz CT molecular complexity index is 1140. The Labute approximate surface area is 180 Å². The van der Waals surface area contributed by atoms with Crippen molar-refractivity contribution in [1.82, 2.24) is 0 Å². The number of halogens is 1. The summed E-state index contributed by atoms with van der Waals surface area (Å²) in [6.07, 6.45) is -0.902. The van der Waals surface area contributed by atoms with Crippen molar-refractivity contribution in [3.8, 4) is 11.1 Å². The Morgan fingerprint density at radius 3 is 2.03 bits per heavy atom. The molecule has 4 aromatic carbocycles. The molecule has 148 valence electrons. The molecule has 4 rings (SSSR count). The molecule has 0 radical (unpaired) electrons. The van der Waals surface area contributed by atoms with Crippen LogP contribution in [-0.4, -0.2) is 11.0 Å². The molecule has 4 heteroatoms. The van der Waals surface area contributed by atoms with Crippen molar-refractivity contribution >= 4 is 23.2 Å². The van der Waals surface area contributed by atoms with E-state index in [-0.39, 0.29) is 5.91 Å². The lowest BCUT2D eigenvalue weighted by atomic mass is 9.99. The Morgan fingerprint density at radius 2 is 1.37 bits per heavy atom. The lowest BCUT2D eigenvalue weighted by Gasteiger charge is -2.17. The van der Waals surface area contributed by atoms with Gasteiger partial charge in [0.2, 0.25) is 0 Å². The summed E-state index contributed by atoms with van der Waals surface area (Å²) < 4.78 is 0. The van der Waals surface area contributed by atoms with Gasteiger partial charge in [-0.05, 0) is 47.0 Å². The number of nitrogens with one attached hydrogen (secondary N) is 1. The third-order valence-corrected chi connectivity index (χ3v) is 5.16. The van der Waals surface area contributed by atoms with Gasteiger partial charge < -0.3 is 10.4 Å². The van der Waals surface area contributed by atoms with Gasteiger partial charge in [-0.1, -0.05) is 84.4 Å². The highest BCUT2D eigenvalue weighted by Crippen LogP contribution is 2.31. The maximum absolute atomic E-state index is 12.8. The fourth-order valence-corrected chi connectivity index (χ4v) is 3.51. The van der Waals surface area contributed by atoms with E-state index in [4.69, 9.17) is 11.6 Å². The van der Waals surface area contributed by atoms with E-state index in [0.29, 0.717) is 21.8 Å². The first-order valence-corrected chi connectivity index (χ1v) is 9.99. The molecule has 0 fully saturated rings. The number of carbonyl (C=O) groups is 1. The molecule has 3 nitrogen and oxygen atoms in total. The second-order valence-electron chi connectivity index (χ2n) is 6.94. The number of hydrogen-bond donors (Lipinski definition) is 2. The summed E-state index contributed by atoms with van der Waals surface area (Å²) in [5.41, 5.74) is 4.46. The topological polar surface area (TPSA) is 49.3 Å². The minimum absolute atomic E-state index is 0.251. The van der Waals surface area contributed by atoms with Crippen molar-refractivity contribution in [1.29, 1.82) is 0 Å². The molecule has 0 saturated heterocycles. The number of amides is 1. The van der Waals surface area contributed by atoms with E-state index in [1.165, 1.54) is 0 Å². The number of rotatable bonds is 5. The Balaban J connectivity index is 1.58. The maximum atomic E-state index is 12.8. The number of benzene rings is 4. The van der Waals surface area contributed by atoms with E-state index in [2.05, 4.69) is 5.32 Å². The van der Waals surface area contributed by atoms with E-state index >= 15 is 0 Å². The van der Waals surface area contributed by atoms with Crippen molar-refractivity contribution in [3.63, 3.8) is 0 Å². The molecule has 0 spiro atoms. The van der Waals surface area contributed by atoms with Gasteiger partial charge in [0.25, 0.3) is 5.91 Å². The normalized spacial score (nSPS) is 11.7. The first-order chi connectivity index (χ1) is 14.6. The number of hydrogen-bond acceptors (Lipinski definition) is 2. The second kappa shape index (κ2) is 8.95. The number of aliphatic hydroxyl groups is 1. The zero-order valence-corrected chi connectivity index (χ0v) is 16.9. The monoisotopic (exact) mass is 413 g/mol. The summed E-state index contributed by atoms with van der Waals surface area (Å²) in [5, 5.41) is 14.2. The van der Waals surface area contributed by atoms with Crippen LogP contribution in [0.5, 0.6) is 0 Å². The molecule has 0 saturated carbocycles. The van der Waals surface area contributed by atoms with E-state index in [1.807, 2.05) is 72.8 Å². The van der Waals surface area contributed by atoms with Crippen molar-refractivity contribution in [2.24, 2.45) is 0 Å². The summed E-state index contributed by atoms with van der Waals surface area (Å²) >= 11 is 6.15. The molecule has 0 heterocycles. The van der Waals surface area contributed by atoms with Gasteiger partial charge in [-0.25, -0.2) is 0 Å². The number of anilines is 1. The SMILES string of the molecule is O=C(Nc1ccc(Cl)cc1[C@H](O)c1ccccc1)c1ccc(-c2ccccc2)cc1. The molecule has 1 atom stereocenters. The van der Waals surface area contributed by atoms with Crippen LogP contribution in [0.2, 0.25) is 5.02 Å². The van der Waals surface area contributed by atoms with Crippen LogP contribution in [-0.2, 0) is 0 Å². The maximum Gasteiger partial charge on any atom is 0.255 e. The van der Waals surface area contributed by atoms with Crippen LogP contribution in [0.1, 0.15) is 27.6 Å². The molecule has 0 aliphatic rings. The quantitative estimate of drug-likeness (QED) is 0.401. The Morgan fingerprint density at radius 1 is 0.767 bits per heavy atom. The van der Waals surface area contributed by atoms with Crippen LogP contribution in [0, 0.1) is 0 Å². The fourth-order valence-electron chi connectivity index (χ4n) is 3.33. The van der Waals surface area contributed by atoms with Gasteiger partial charge in [-0.3, -0.25) is 4.79 Å². The summed E-state index contributed by atoms with van der Waals surface area (Å²) in [6, 6.07) is 31.8. The molecule has 0 unspecified atom stereocenters. The smallest absolute Gasteiger partial charge is 0.255 e. The molecule has 2 N–H and O–H groups in total. The summed E-state index contributed by atoms with van der Waals surface area (Å²) in [5.74, 6) is -0.251. The van der Waals surface area contributed by atoms with Crippen LogP contribution in [0.15, 0.2) is 103 Å². The van der Waals surface area contributed by atoms with Crippen molar-refractivity contribution in [2.75, 3.05) is 5.32 Å². The largest absolute Gasteiger partial charge is 0.384 e. The van der Waals surface area contributed by atoms with Crippen LogP contribution < -0.4 is 5.32 Å². The Kier molecular flexibility index (Phi) is 5.94. The molecule has 0 aliphatic heterocycles. The molecular weight excluding hydrogens is 394 g/mol. The first-order valence-electron chi connectivity index (χ1n) is 9.61. The lowest BCUT2D eigenvalue weighted by molar-refractivity contribution is 0.102. The van der Waals surface area contributed by atoms with Gasteiger partial charge in [0.05, 0.1) is 0 Å². The predicted molar refractivity (Wildman–Crippen MR) is 122 cm³/mol. The van der Waals surface area contributed by atoms with Gasteiger partial charge >= 0.3 is 0 Å². The van der Waals surface area contributed by atoms with Gasteiger partial charge in [0, 0.05) is 21.8 Å². The molecule has 0 bridgehead atoms. The first kappa shape index (κ1) is 19.9. The average molecular weight is 414 g/mol. The molecule has 4 aromatic rings. The highest BCUT2D eigenvalue weighted by molar-refractivity contribution is 6.30. The Hall–Kier alpha value is -3.40. The lowest BCUT2D eigenvalue weighted by Crippen LogP contribution is -2.14. The summed E-state index contributed by atoms with van der Waals surface area (Å²) in [6.45, 7) is 0. The van der Waals surface area contributed by atoms with E-state index in [1.54, 1.807) is 30.3 Å². The summed E-state index contributed by atoms with van der Waals surface area (Å²) in [4.78, 5) is 12.8. The van der Waals surface area contributed by atoms with Gasteiger partial charge in [-0.2, -0.15) is 0 Å². The van der Waals surface area contributed by atoms with E-state index in [9.17, 15) is 9.90 Å². The van der Waals surface area contributed by atoms with Crippen LogP contribution in [0.4, 0.5) is 5.69 Å². The van der Waals surface area contributed by atoms with Gasteiger partial charge in [-0.15, -0.1) is 0 Å².